The first-order chi connectivity index (χ1) is 17.9. The van der Waals surface area contributed by atoms with Gasteiger partial charge in [-0.25, -0.2) is 0 Å². The topological polar surface area (TPSA) is 191 Å². The monoisotopic (exact) mass is 542 g/mol. The molecule has 0 aromatic rings. The summed E-state index contributed by atoms with van der Waals surface area (Å²) >= 11 is 0. The molecule has 4 atom stereocenters. The van der Waals surface area contributed by atoms with Crippen molar-refractivity contribution in [3.05, 3.63) is 0 Å². The first-order valence-electron chi connectivity index (χ1n) is 13.5. The third-order valence-electron chi connectivity index (χ3n) is 6.49. The fourth-order valence-electron chi connectivity index (χ4n) is 3.64. The first-order valence-corrected chi connectivity index (χ1v) is 13.5. The molecule has 0 aromatic carbocycles. The molecular formula is C26H46N4O8. The van der Waals surface area contributed by atoms with Crippen LogP contribution in [0.2, 0.25) is 0 Å². The lowest BCUT2D eigenvalue weighted by molar-refractivity contribution is -0.139. The summed E-state index contributed by atoms with van der Waals surface area (Å²) in [4.78, 5) is 72.5. The van der Waals surface area contributed by atoms with Crippen LogP contribution in [0.1, 0.15) is 98.8 Å². The van der Waals surface area contributed by atoms with Gasteiger partial charge in [-0.05, 0) is 24.7 Å². The zero-order valence-corrected chi connectivity index (χ0v) is 23.3. The van der Waals surface area contributed by atoms with Crippen LogP contribution < -0.4 is 21.3 Å². The van der Waals surface area contributed by atoms with E-state index in [1.54, 1.807) is 13.8 Å². The second-order valence-corrected chi connectivity index (χ2v) is 9.71. The van der Waals surface area contributed by atoms with Gasteiger partial charge in [0.1, 0.15) is 18.2 Å². The van der Waals surface area contributed by atoms with Gasteiger partial charge in [-0.1, -0.05) is 60.3 Å². The van der Waals surface area contributed by atoms with Gasteiger partial charge in [0.15, 0.2) is 0 Å². The summed E-state index contributed by atoms with van der Waals surface area (Å²) in [5.41, 5.74) is 0. The SMILES string of the molecule is CCCCCC(NC(=O)[C@@H](NC(=O)CCC(=O)O)[C@@H](C)CC)NC(=O)[C@@H](NC(=O)CCC(=O)O)[C@@H](C)CC. The number of unbranched alkanes of at least 4 members (excludes halogenated alkanes) is 2. The molecule has 12 nitrogen and oxygen atoms in total. The number of carbonyl (C=O) groups is 6. The summed E-state index contributed by atoms with van der Waals surface area (Å²) in [6.45, 7) is 9.32. The number of hydrogen-bond donors (Lipinski definition) is 6. The van der Waals surface area contributed by atoms with E-state index in [-0.39, 0.29) is 37.5 Å². The molecule has 0 aromatic heterocycles. The molecular weight excluding hydrogens is 496 g/mol. The minimum atomic E-state index is -1.12. The third-order valence-corrected chi connectivity index (χ3v) is 6.49. The van der Waals surface area contributed by atoms with E-state index in [2.05, 4.69) is 21.3 Å². The van der Waals surface area contributed by atoms with E-state index in [1.807, 2.05) is 20.8 Å². The number of amides is 4. The number of hydrogen-bond acceptors (Lipinski definition) is 6. The summed E-state index contributed by atoms with van der Waals surface area (Å²) in [6, 6.07) is -1.85. The van der Waals surface area contributed by atoms with E-state index in [0.717, 1.165) is 12.8 Å². The molecule has 0 bridgehead atoms. The van der Waals surface area contributed by atoms with Crippen molar-refractivity contribution in [1.82, 2.24) is 21.3 Å². The average Bonchev–Trinajstić information content (AvgIpc) is 2.86. The van der Waals surface area contributed by atoms with Crippen LogP contribution >= 0.6 is 0 Å². The molecule has 0 saturated heterocycles. The fourth-order valence-corrected chi connectivity index (χ4v) is 3.64. The summed E-state index contributed by atoms with van der Waals surface area (Å²) in [7, 11) is 0. The molecule has 218 valence electrons. The van der Waals surface area contributed by atoms with Crippen molar-refractivity contribution in [2.45, 2.75) is 117 Å². The zero-order chi connectivity index (χ0) is 29.3. The van der Waals surface area contributed by atoms with E-state index in [0.29, 0.717) is 25.7 Å². The molecule has 0 aliphatic heterocycles. The second-order valence-electron chi connectivity index (χ2n) is 9.71. The van der Waals surface area contributed by atoms with Gasteiger partial charge >= 0.3 is 11.9 Å². The Kier molecular flexibility index (Phi) is 17.4. The van der Waals surface area contributed by atoms with Gasteiger partial charge in [0, 0.05) is 12.8 Å². The molecule has 0 aliphatic rings. The number of nitrogens with one attached hydrogen (secondary N) is 4. The lowest BCUT2D eigenvalue weighted by Gasteiger charge is -2.30. The van der Waals surface area contributed by atoms with Crippen LogP contribution in [0.5, 0.6) is 0 Å². The normalized spacial score (nSPS) is 14.1. The molecule has 0 spiro atoms. The van der Waals surface area contributed by atoms with Gasteiger partial charge in [-0.3, -0.25) is 28.8 Å². The number of carboxylic acid groups (broad SMARTS) is 2. The Morgan fingerprint density at radius 2 is 1.00 bits per heavy atom. The van der Waals surface area contributed by atoms with Crippen molar-refractivity contribution in [2.24, 2.45) is 11.8 Å². The molecule has 0 heterocycles. The number of rotatable bonds is 20. The van der Waals surface area contributed by atoms with Crippen LogP contribution in [0, 0.1) is 11.8 Å². The van der Waals surface area contributed by atoms with Crippen LogP contribution in [0.4, 0.5) is 0 Å². The smallest absolute Gasteiger partial charge is 0.303 e. The zero-order valence-electron chi connectivity index (χ0n) is 23.3. The predicted octanol–water partition coefficient (Wildman–Crippen LogP) is 1.92. The number of carbonyl (C=O) groups excluding carboxylic acids is 4. The number of carboxylic acids is 2. The highest BCUT2D eigenvalue weighted by Crippen LogP contribution is 2.12. The first kappa shape index (κ1) is 34.8. The highest BCUT2D eigenvalue weighted by atomic mass is 16.4. The largest absolute Gasteiger partial charge is 0.481 e. The van der Waals surface area contributed by atoms with Crippen LogP contribution in [0.3, 0.4) is 0 Å². The summed E-state index contributed by atoms with van der Waals surface area (Å²) in [6.07, 6.45) is 2.05. The lowest BCUT2D eigenvalue weighted by Crippen LogP contribution is -2.59. The van der Waals surface area contributed by atoms with Crippen LogP contribution in [-0.4, -0.2) is 64.0 Å². The molecule has 12 heteroatoms. The molecule has 6 N–H and O–H groups in total. The maximum Gasteiger partial charge on any atom is 0.303 e. The predicted molar refractivity (Wildman–Crippen MR) is 141 cm³/mol. The minimum absolute atomic E-state index is 0.253. The van der Waals surface area contributed by atoms with Crippen molar-refractivity contribution in [2.75, 3.05) is 0 Å². The van der Waals surface area contributed by atoms with Crippen molar-refractivity contribution in [1.29, 1.82) is 0 Å². The molecule has 0 unspecified atom stereocenters. The van der Waals surface area contributed by atoms with Gasteiger partial charge < -0.3 is 31.5 Å². The van der Waals surface area contributed by atoms with E-state index >= 15 is 0 Å². The lowest BCUT2D eigenvalue weighted by atomic mass is 9.97. The highest BCUT2D eigenvalue weighted by molar-refractivity contribution is 5.91. The minimum Gasteiger partial charge on any atom is -0.481 e. The Morgan fingerprint density at radius 3 is 1.32 bits per heavy atom. The van der Waals surface area contributed by atoms with Crippen LogP contribution in [0.15, 0.2) is 0 Å². The van der Waals surface area contributed by atoms with E-state index in [1.165, 1.54) is 0 Å². The maximum atomic E-state index is 13.2. The molecule has 0 saturated carbocycles. The maximum absolute atomic E-state index is 13.2. The molecule has 0 radical (unpaired) electrons. The summed E-state index contributed by atoms with van der Waals surface area (Å²) in [5, 5.41) is 28.5. The summed E-state index contributed by atoms with van der Waals surface area (Å²) < 4.78 is 0. The quantitative estimate of drug-likeness (QED) is 0.0992. The van der Waals surface area contributed by atoms with Crippen LogP contribution in [-0.2, 0) is 28.8 Å². The van der Waals surface area contributed by atoms with Gasteiger partial charge in [0.2, 0.25) is 23.6 Å². The van der Waals surface area contributed by atoms with Gasteiger partial charge in [0.25, 0.3) is 0 Å². The van der Waals surface area contributed by atoms with Gasteiger partial charge in [0.05, 0.1) is 12.8 Å². The van der Waals surface area contributed by atoms with Crippen molar-refractivity contribution in [3.63, 3.8) is 0 Å². The fraction of sp³-hybridized carbons (Fsp3) is 0.769. The second kappa shape index (κ2) is 19.0. The third kappa shape index (κ3) is 14.5. The van der Waals surface area contributed by atoms with E-state index in [4.69, 9.17) is 10.2 Å². The molecule has 4 amide bonds. The highest BCUT2D eigenvalue weighted by Gasteiger charge is 2.31. The molecule has 0 fully saturated rings. The average molecular weight is 543 g/mol. The van der Waals surface area contributed by atoms with E-state index < -0.39 is 53.8 Å². The Balaban J connectivity index is 5.61. The summed E-state index contributed by atoms with van der Waals surface area (Å²) in [5.74, 6) is -4.86. The Labute approximate surface area is 225 Å². The van der Waals surface area contributed by atoms with Crippen molar-refractivity contribution >= 4 is 35.6 Å². The Bertz CT molecular complexity index is 744. The van der Waals surface area contributed by atoms with Crippen molar-refractivity contribution in [3.8, 4) is 0 Å². The Hall–Kier alpha value is -3.18. The Morgan fingerprint density at radius 1 is 0.605 bits per heavy atom. The standard InChI is InChI=1S/C26H46N4O8/c1-6-9-10-11-18(27-25(37)23(16(4)7-2)29-19(31)12-14-21(33)34)28-26(38)24(17(5)8-3)30-20(32)13-15-22(35)36/h16-18,23-24H,6-15H2,1-5H3,(H,27,37)(H,28,38)(H,29,31)(H,30,32)(H,33,34)(H,35,36)/t16-,17-,23-,24-/m0/s1. The number of aliphatic carboxylic acids is 2. The molecule has 38 heavy (non-hydrogen) atoms. The molecule has 0 aliphatic carbocycles. The van der Waals surface area contributed by atoms with Gasteiger partial charge in [-0.2, -0.15) is 0 Å². The van der Waals surface area contributed by atoms with E-state index in [9.17, 15) is 28.8 Å². The van der Waals surface area contributed by atoms with Gasteiger partial charge in [-0.15, -0.1) is 0 Å². The van der Waals surface area contributed by atoms with Crippen LogP contribution in [0.25, 0.3) is 0 Å². The van der Waals surface area contributed by atoms with Crippen molar-refractivity contribution < 1.29 is 39.0 Å². The molecule has 0 rings (SSSR count).